The molecule has 1 fully saturated rings. The van der Waals surface area contributed by atoms with Gasteiger partial charge in [-0.15, -0.1) is 0 Å². The first kappa shape index (κ1) is 26.1. The van der Waals surface area contributed by atoms with E-state index in [1.165, 1.54) is 79.9 Å². The number of allylic oxidation sites excluding steroid dienone is 8. The maximum Gasteiger partial charge on any atom is 0.108 e. The van der Waals surface area contributed by atoms with Crippen LogP contribution in [0.1, 0.15) is 79.9 Å². The molecule has 5 aliphatic carbocycles. The fourth-order valence-corrected chi connectivity index (χ4v) is 9.38. The molecule has 0 radical (unpaired) electrons. The normalized spacial score (nSPS) is 29.1. The lowest BCUT2D eigenvalue weighted by atomic mass is 9.77. The number of hydrogen-bond acceptors (Lipinski definition) is 3. The molecule has 3 heteroatoms. The quantitative estimate of drug-likeness (QED) is 0.326. The highest BCUT2D eigenvalue weighted by Crippen LogP contribution is 2.55. The van der Waals surface area contributed by atoms with Crippen molar-refractivity contribution in [2.75, 3.05) is 0 Å². The first-order valence-electron chi connectivity index (χ1n) is 17.1. The van der Waals surface area contributed by atoms with Gasteiger partial charge in [-0.25, -0.2) is 0 Å². The Morgan fingerprint density at radius 3 is 2.44 bits per heavy atom. The second kappa shape index (κ2) is 10.2. The molecule has 3 aromatic carbocycles. The third-order valence-electron chi connectivity index (χ3n) is 11.5. The summed E-state index contributed by atoms with van der Waals surface area (Å²) < 4.78 is 0. The van der Waals surface area contributed by atoms with E-state index in [1.807, 2.05) is 0 Å². The molecule has 10 rings (SSSR count). The van der Waals surface area contributed by atoms with Crippen molar-refractivity contribution in [1.82, 2.24) is 15.5 Å². The van der Waals surface area contributed by atoms with E-state index in [9.17, 15) is 0 Å². The Hall–Kier alpha value is -4.18. The van der Waals surface area contributed by atoms with Crippen LogP contribution in [0.25, 0.3) is 23.3 Å². The monoisotopic (exact) mass is 585 g/mol. The lowest BCUT2D eigenvalue weighted by molar-refractivity contribution is 0.102. The van der Waals surface area contributed by atoms with Crippen molar-refractivity contribution in [2.45, 2.75) is 69.4 Å². The summed E-state index contributed by atoms with van der Waals surface area (Å²) in [4.78, 5) is 2.79. The van der Waals surface area contributed by atoms with E-state index in [1.54, 1.807) is 5.57 Å². The van der Waals surface area contributed by atoms with E-state index in [0.29, 0.717) is 5.92 Å². The van der Waals surface area contributed by atoms with E-state index in [2.05, 4.69) is 125 Å². The average molecular weight is 586 g/mol. The lowest BCUT2D eigenvalue weighted by Crippen LogP contribution is -2.51. The molecule has 3 aromatic rings. The van der Waals surface area contributed by atoms with Gasteiger partial charge in [0.1, 0.15) is 6.17 Å². The Balaban J connectivity index is 1.13. The van der Waals surface area contributed by atoms with Crippen LogP contribution < -0.4 is 21.1 Å². The Morgan fingerprint density at radius 1 is 0.733 bits per heavy atom. The zero-order valence-electron chi connectivity index (χ0n) is 25.7. The molecule has 45 heavy (non-hydrogen) atoms. The summed E-state index contributed by atoms with van der Waals surface area (Å²) in [5.74, 6) is 0.707. The largest absolute Gasteiger partial charge is 0.366 e. The van der Waals surface area contributed by atoms with Gasteiger partial charge in [-0.2, -0.15) is 0 Å². The lowest BCUT2D eigenvalue weighted by Gasteiger charge is -2.46. The highest BCUT2D eigenvalue weighted by atomic mass is 15.5. The van der Waals surface area contributed by atoms with E-state index >= 15 is 0 Å². The third-order valence-corrected chi connectivity index (χ3v) is 11.5. The summed E-state index contributed by atoms with van der Waals surface area (Å²) in [7, 11) is 0. The molecule has 2 aliphatic heterocycles. The Labute approximate surface area is 265 Å². The predicted molar refractivity (Wildman–Crippen MR) is 183 cm³/mol. The number of hydrogen-bond donors (Lipinski definition) is 2. The van der Waals surface area contributed by atoms with Gasteiger partial charge in [0.15, 0.2) is 0 Å². The number of benzene rings is 3. The first-order valence-corrected chi connectivity index (χ1v) is 17.1. The van der Waals surface area contributed by atoms with Crippen LogP contribution in [0.3, 0.4) is 0 Å². The highest BCUT2D eigenvalue weighted by molar-refractivity contribution is 5.75. The molecular formula is C42H39N3. The van der Waals surface area contributed by atoms with Crippen LogP contribution in [0.2, 0.25) is 0 Å². The van der Waals surface area contributed by atoms with Gasteiger partial charge in [0, 0.05) is 5.70 Å². The van der Waals surface area contributed by atoms with Crippen LogP contribution in [0.4, 0.5) is 0 Å². The molecule has 2 N–H and O–H groups in total. The maximum atomic E-state index is 4.24. The fourth-order valence-electron chi connectivity index (χ4n) is 9.38. The van der Waals surface area contributed by atoms with Gasteiger partial charge in [0.05, 0.1) is 18.2 Å². The summed E-state index contributed by atoms with van der Waals surface area (Å²) in [6.07, 6.45) is 25.2. The van der Waals surface area contributed by atoms with Gasteiger partial charge in [0.25, 0.3) is 0 Å². The fraction of sp³-hybridized carbons (Fsp3) is 0.286. The van der Waals surface area contributed by atoms with E-state index in [4.69, 9.17) is 0 Å². The SMILES string of the molecule is C1=CCC2CCC(C3=CC4=C(CC3)C3NC5c6ccccc6-c6ccccc6C5N3C(c3ccc5c(c3)=CCCC=5)N4)=CC2=C1. The van der Waals surface area contributed by atoms with E-state index in [-0.39, 0.29) is 24.4 Å². The molecular weight excluding hydrogens is 546 g/mol. The van der Waals surface area contributed by atoms with Gasteiger partial charge >= 0.3 is 0 Å². The molecule has 0 aromatic heterocycles. The molecule has 222 valence electrons. The van der Waals surface area contributed by atoms with Crippen molar-refractivity contribution >= 4 is 12.2 Å². The van der Waals surface area contributed by atoms with E-state index < -0.39 is 0 Å². The Kier molecular flexibility index (Phi) is 5.89. The van der Waals surface area contributed by atoms with Gasteiger partial charge < -0.3 is 5.32 Å². The van der Waals surface area contributed by atoms with Crippen molar-refractivity contribution in [1.29, 1.82) is 0 Å². The average Bonchev–Trinajstić information content (AvgIpc) is 3.52. The smallest absolute Gasteiger partial charge is 0.108 e. The minimum Gasteiger partial charge on any atom is -0.366 e. The summed E-state index contributed by atoms with van der Waals surface area (Å²) in [6, 6.07) is 25.9. The topological polar surface area (TPSA) is 27.3 Å². The zero-order chi connectivity index (χ0) is 29.5. The number of fused-ring (bicyclic) bond motifs is 11. The van der Waals surface area contributed by atoms with Crippen LogP contribution in [0.15, 0.2) is 125 Å². The standard InChI is InChI=1S/C42H39N3/c1-3-11-28-23-30(19-17-26(28)9-1)31-21-22-37-38(25-31)43-41(32-20-18-27-10-2-4-12-29(27)24-32)45-40-36-16-8-6-14-34(36)33-13-5-7-15-35(33)39(40)44-42(37)45/h1,3,5-8,10-16,18,20,23-26,39-44H,2,4,9,17,19,21-22H2. The molecule has 7 aliphatic rings. The zero-order valence-corrected chi connectivity index (χ0v) is 25.7. The second-order valence-corrected chi connectivity index (χ2v) is 13.9. The number of nitrogens with one attached hydrogen (secondary N) is 2. The molecule has 3 nitrogen and oxygen atoms in total. The summed E-state index contributed by atoms with van der Waals surface area (Å²) in [6.45, 7) is 0. The number of nitrogens with zero attached hydrogens (tertiary/aromatic N) is 1. The minimum absolute atomic E-state index is 0.0710. The van der Waals surface area contributed by atoms with E-state index in [0.717, 1.165) is 25.7 Å². The minimum atomic E-state index is 0.0710. The van der Waals surface area contributed by atoms with Gasteiger partial charge in [-0.1, -0.05) is 97.1 Å². The molecule has 1 saturated heterocycles. The Morgan fingerprint density at radius 2 is 1.53 bits per heavy atom. The van der Waals surface area contributed by atoms with Crippen molar-refractivity contribution in [3.63, 3.8) is 0 Å². The van der Waals surface area contributed by atoms with Crippen LogP contribution in [0.5, 0.6) is 0 Å². The molecule has 5 unspecified atom stereocenters. The number of rotatable bonds is 2. The van der Waals surface area contributed by atoms with Crippen molar-refractivity contribution in [3.8, 4) is 11.1 Å². The maximum absolute atomic E-state index is 4.24. The van der Waals surface area contributed by atoms with Crippen molar-refractivity contribution < 1.29 is 0 Å². The molecule has 0 amide bonds. The van der Waals surface area contributed by atoms with Crippen LogP contribution in [-0.4, -0.2) is 11.1 Å². The molecule has 0 saturated carbocycles. The van der Waals surface area contributed by atoms with Gasteiger partial charge in [-0.3, -0.25) is 10.2 Å². The third kappa shape index (κ3) is 4.03. The summed E-state index contributed by atoms with van der Waals surface area (Å²) in [5.41, 5.74) is 14.4. The Bertz CT molecular complexity index is 2040. The van der Waals surface area contributed by atoms with Gasteiger partial charge in [-0.05, 0) is 124 Å². The molecule has 0 bridgehead atoms. The van der Waals surface area contributed by atoms with Crippen LogP contribution >= 0.6 is 0 Å². The predicted octanol–water partition coefficient (Wildman–Crippen LogP) is 7.53. The van der Waals surface area contributed by atoms with Gasteiger partial charge in [0.2, 0.25) is 0 Å². The molecule has 2 heterocycles. The van der Waals surface area contributed by atoms with Crippen LogP contribution in [-0.2, 0) is 0 Å². The summed E-state index contributed by atoms with van der Waals surface area (Å²) >= 11 is 0. The summed E-state index contributed by atoms with van der Waals surface area (Å²) in [5, 5.41) is 11.2. The molecule has 0 spiro atoms. The first-order chi connectivity index (χ1) is 22.3. The highest BCUT2D eigenvalue weighted by Gasteiger charge is 2.52. The second-order valence-electron chi connectivity index (χ2n) is 13.9. The van der Waals surface area contributed by atoms with Crippen molar-refractivity contribution in [3.05, 3.63) is 152 Å². The molecule has 5 atom stereocenters. The van der Waals surface area contributed by atoms with Crippen molar-refractivity contribution in [2.24, 2.45) is 5.92 Å². The van der Waals surface area contributed by atoms with Crippen LogP contribution in [0, 0.1) is 5.92 Å².